The number of carbonyl (C=O) groups is 2. The van der Waals surface area contributed by atoms with Crippen molar-refractivity contribution in [1.29, 1.82) is 0 Å². The zero-order valence-corrected chi connectivity index (χ0v) is 15.9. The summed E-state index contributed by atoms with van der Waals surface area (Å²) in [4.78, 5) is 26.8. The number of halogens is 1. The van der Waals surface area contributed by atoms with Gasteiger partial charge in [-0.15, -0.1) is 0 Å². The second-order valence-corrected chi connectivity index (χ2v) is 6.18. The molecule has 2 aromatic carbocycles. The number of benzene rings is 2. The molecule has 2 aromatic rings. The first-order chi connectivity index (χ1) is 13.0. The van der Waals surface area contributed by atoms with Crippen LogP contribution in [0.5, 0.6) is 5.75 Å². The van der Waals surface area contributed by atoms with Gasteiger partial charge in [-0.05, 0) is 35.7 Å². The largest absolute Gasteiger partial charge is 0.497 e. The average molecular weight is 372 g/mol. The standard InChI is InChI=1S/C21H25FN2O3/c1-4-19(21(26)23-2)24(14-15-9-11-17(27-3)12-10-15)20(25)13-16-7-5-6-8-18(16)22/h5-12,19H,4,13-14H2,1-3H3,(H,23,26). The Morgan fingerprint density at radius 2 is 1.81 bits per heavy atom. The third kappa shape index (κ3) is 5.29. The lowest BCUT2D eigenvalue weighted by Crippen LogP contribution is -2.48. The lowest BCUT2D eigenvalue weighted by molar-refractivity contribution is -0.140. The highest BCUT2D eigenvalue weighted by molar-refractivity contribution is 5.88. The number of nitrogens with zero attached hydrogens (tertiary/aromatic N) is 1. The fraction of sp³-hybridized carbons (Fsp3) is 0.333. The molecule has 1 N–H and O–H groups in total. The van der Waals surface area contributed by atoms with E-state index in [0.717, 1.165) is 5.56 Å². The van der Waals surface area contributed by atoms with Crippen LogP contribution in [0.25, 0.3) is 0 Å². The fourth-order valence-corrected chi connectivity index (χ4v) is 2.92. The summed E-state index contributed by atoms with van der Waals surface area (Å²) in [6, 6.07) is 12.8. The molecule has 0 radical (unpaired) electrons. The zero-order chi connectivity index (χ0) is 19.8. The van der Waals surface area contributed by atoms with Crippen LogP contribution in [-0.4, -0.2) is 36.9 Å². The zero-order valence-electron chi connectivity index (χ0n) is 15.9. The van der Waals surface area contributed by atoms with Gasteiger partial charge in [-0.3, -0.25) is 9.59 Å². The highest BCUT2D eigenvalue weighted by Crippen LogP contribution is 2.18. The van der Waals surface area contributed by atoms with Crippen LogP contribution in [0.3, 0.4) is 0 Å². The molecule has 144 valence electrons. The van der Waals surface area contributed by atoms with E-state index >= 15 is 0 Å². The maximum atomic E-state index is 14.0. The lowest BCUT2D eigenvalue weighted by Gasteiger charge is -2.30. The Morgan fingerprint density at radius 3 is 2.37 bits per heavy atom. The normalized spacial score (nSPS) is 11.6. The Kier molecular flexibility index (Phi) is 7.34. The first-order valence-corrected chi connectivity index (χ1v) is 8.87. The number of likely N-dealkylation sites (N-methyl/N-ethyl adjacent to an activating group) is 1. The highest BCUT2D eigenvalue weighted by Gasteiger charge is 2.28. The van der Waals surface area contributed by atoms with Crippen molar-refractivity contribution in [1.82, 2.24) is 10.2 Å². The minimum atomic E-state index is -0.628. The van der Waals surface area contributed by atoms with Gasteiger partial charge in [0.25, 0.3) is 0 Å². The molecule has 2 amide bonds. The summed E-state index contributed by atoms with van der Waals surface area (Å²) in [6.07, 6.45) is 0.356. The van der Waals surface area contributed by atoms with Crippen molar-refractivity contribution in [2.24, 2.45) is 0 Å². The Hall–Kier alpha value is -2.89. The van der Waals surface area contributed by atoms with Crippen molar-refractivity contribution in [3.05, 3.63) is 65.5 Å². The van der Waals surface area contributed by atoms with Crippen molar-refractivity contribution in [3.8, 4) is 5.75 Å². The molecule has 5 nitrogen and oxygen atoms in total. The number of ether oxygens (including phenoxy) is 1. The summed E-state index contributed by atoms with van der Waals surface area (Å²) in [5.74, 6) is -0.260. The van der Waals surface area contributed by atoms with Crippen LogP contribution in [0.2, 0.25) is 0 Å². The number of hydrogen-bond donors (Lipinski definition) is 1. The predicted octanol–water partition coefficient (Wildman–Crippen LogP) is 2.93. The molecule has 0 saturated heterocycles. The molecular formula is C21H25FN2O3. The van der Waals surface area contributed by atoms with Gasteiger partial charge in [-0.1, -0.05) is 37.3 Å². The number of carbonyl (C=O) groups excluding carboxylic acids is 2. The molecular weight excluding hydrogens is 347 g/mol. The number of methoxy groups -OCH3 is 1. The van der Waals surface area contributed by atoms with Crippen LogP contribution >= 0.6 is 0 Å². The summed E-state index contributed by atoms with van der Waals surface area (Å²) in [6.45, 7) is 2.10. The Balaban J connectivity index is 2.28. The second-order valence-electron chi connectivity index (χ2n) is 6.18. The molecule has 2 rings (SSSR count). The molecule has 0 aliphatic carbocycles. The molecule has 0 aliphatic rings. The van der Waals surface area contributed by atoms with Crippen LogP contribution in [0.15, 0.2) is 48.5 Å². The molecule has 27 heavy (non-hydrogen) atoms. The molecule has 1 atom stereocenters. The summed E-state index contributed by atoms with van der Waals surface area (Å²) in [7, 11) is 3.12. The third-order valence-electron chi connectivity index (χ3n) is 4.44. The van der Waals surface area contributed by atoms with Gasteiger partial charge in [0.1, 0.15) is 17.6 Å². The summed E-state index contributed by atoms with van der Waals surface area (Å²) < 4.78 is 19.1. The molecule has 0 fully saturated rings. The molecule has 0 aromatic heterocycles. The van der Waals surface area contributed by atoms with E-state index in [1.807, 2.05) is 19.1 Å². The molecule has 0 aliphatic heterocycles. The van der Waals surface area contributed by atoms with Crippen LogP contribution in [-0.2, 0) is 22.6 Å². The van der Waals surface area contributed by atoms with Crippen molar-refractivity contribution in [2.45, 2.75) is 32.4 Å². The second kappa shape index (κ2) is 9.71. The van der Waals surface area contributed by atoms with Crippen LogP contribution in [0, 0.1) is 5.82 Å². The summed E-state index contributed by atoms with van der Waals surface area (Å²) in [5, 5.41) is 2.60. The number of amides is 2. The van der Waals surface area contributed by atoms with E-state index in [2.05, 4.69) is 5.32 Å². The van der Waals surface area contributed by atoms with E-state index in [1.165, 1.54) is 18.0 Å². The van der Waals surface area contributed by atoms with Crippen molar-refractivity contribution >= 4 is 11.8 Å². The van der Waals surface area contributed by atoms with E-state index < -0.39 is 11.9 Å². The van der Waals surface area contributed by atoms with Gasteiger partial charge >= 0.3 is 0 Å². The fourth-order valence-electron chi connectivity index (χ4n) is 2.92. The van der Waals surface area contributed by atoms with Crippen molar-refractivity contribution in [2.75, 3.05) is 14.2 Å². The number of nitrogens with one attached hydrogen (secondary N) is 1. The van der Waals surface area contributed by atoms with Gasteiger partial charge in [0, 0.05) is 13.6 Å². The highest BCUT2D eigenvalue weighted by atomic mass is 19.1. The Bertz CT molecular complexity index is 777. The van der Waals surface area contributed by atoms with E-state index in [9.17, 15) is 14.0 Å². The minimum absolute atomic E-state index is 0.101. The number of hydrogen-bond acceptors (Lipinski definition) is 3. The first-order valence-electron chi connectivity index (χ1n) is 8.87. The van der Waals surface area contributed by atoms with Crippen molar-refractivity contribution in [3.63, 3.8) is 0 Å². The molecule has 0 spiro atoms. The SMILES string of the molecule is CCC(C(=O)NC)N(Cc1ccc(OC)cc1)C(=O)Cc1ccccc1F. The molecule has 0 bridgehead atoms. The Labute approximate surface area is 159 Å². The molecule has 1 unspecified atom stereocenters. The monoisotopic (exact) mass is 372 g/mol. The van der Waals surface area contributed by atoms with Gasteiger partial charge in [-0.2, -0.15) is 0 Å². The van der Waals surface area contributed by atoms with Crippen molar-refractivity contribution < 1.29 is 18.7 Å². The maximum absolute atomic E-state index is 14.0. The first kappa shape index (κ1) is 20.4. The van der Waals surface area contributed by atoms with E-state index in [4.69, 9.17) is 4.74 Å². The van der Waals surface area contributed by atoms with Crippen LogP contribution in [0.1, 0.15) is 24.5 Å². The van der Waals surface area contributed by atoms with Gasteiger partial charge in [-0.25, -0.2) is 4.39 Å². The smallest absolute Gasteiger partial charge is 0.242 e. The molecule has 6 heteroatoms. The van der Waals surface area contributed by atoms with E-state index in [0.29, 0.717) is 17.7 Å². The van der Waals surface area contributed by atoms with Gasteiger partial charge in [0.2, 0.25) is 11.8 Å². The quantitative estimate of drug-likeness (QED) is 0.775. The molecule has 0 heterocycles. The topological polar surface area (TPSA) is 58.6 Å². The van der Waals surface area contributed by atoms with Gasteiger partial charge in [0.15, 0.2) is 0 Å². The van der Waals surface area contributed by atoms with Gasteiger partial charge in [0.05, 0.1) is 13.5 Å². The van der Waals surface area contributed by atoms with Gasteiger partial charge < -0.3 is 15.0 Å². The third-order valence-corrected chi connectivity index (χ3v) is 4.44. The van der Waals surface area contributed by atoms with Crippen LogP contribution in [0.4, 0.5) is 4.39 Å². The van der Waals surface area contributed by atoms with Crippen LogP contribution < -0.4 is 10.1 Å². The predicted molar refractivity (Wildman–Crippen MR) is 102 cm³/mol. The average Bonchev–Trinajstić information content (AvgIpc) is 2.69. The minimum Gasteiger partial charge on any atom is -0.497 e. The Morgan fingerprint density at radius 1 is 1.15 bits per heavy atom. The number of rotatable bonds is 8. The molecule has 0 saturated carbocycles. The summed E-state index contributed by atoms with van der Waals surface area (Å²) in [5.41, 5.74) is 1.18. The van der Waals surface area contributed by atoms with E-state index in [-0.39, 0.29) is 24.8 Å². The van der Waals surface area contributed by atoms with E-state index in [1.54, 1.807) is 37.4 Å². The lowest BCUT2D eigenvalue weighted by atomic mass is 10.1. The maximum Gasteiger partial charge on any atom is 0.242 e. The summed E-state index contributed by atoms with van der Waals surface area (Å²) >= 11 is 0.